The van der Waals surface area contributed by atoms with Crippen LogP contribution in [0.4, 0.5) is 0 Å². The van der Waals surface area contributed by atoms with Crippen molar-refractivity contribution in [2.45, 2.75) is 11.1 Å². The zero-order valence-electron chi connectivity index (χ0n) is 10.6. The van der Waals surface area contributed by atoms with Crippen LogP contribution in [-0.2, 0) is 10.0 Å². The fourth-order valence-corrected chi connectivity index (χ4v) is 3.55. The SMILES string of the molecule is CCOc1ccc(/C=N\S(=O)(=O)c2cccs2)cc1Cl. The molecule has 4 nitrogen and oxygen atoms in total. The minimum absolute atomic E-state index is 0.214. The Labute approximate surface area is 126 Å². The van der Waals surface area contributed by atoms with E-state index in [1.807, 2.05) is 6.92 Å². The number of hydrogen-bond donors (Lipinski definition) is 0. The van der Waals surface area contributed by atoms with Gasteiger partial charge in [0.1, 0.15) is 9.96 Å². The predicted molar refractivity (Wildman–Crippen MR) is 81.7 cm³/mol. The number of benzene rings is 1. The van der Waals surface area contributed by atoms with Crippen molar-refractivity contribution < 1.29 is 13.2 Å². The predicted octanol–water partition coefficient (Wildman–Crippen LogP) is 3.61. The van der Waals surface area contributed by atoms with Crippen LogP contribution in [0.2, 0.25) is 5.02 Å². The van der Waals surface area contributed by atoms with E-state index in [2.05, 4.69) is 4.40 Å². The number of ether oxygens (including phenoxy) is 1. The molecule has 0 spiro atoms. The van der Waals surface area contributed by atoms with E-state index in [1.54, 1.807) is 29.6 Å². The number of rotatable bonds is 5. The van der Waals surface area contributed by atoms with Crippen molar-refractivity contribution >= 4 is 39.2 Å². The average Bonchev–Trinajstić information content (AvgIpc) is 2.94. The van der Waals surface area contributed by atoms with Gasteiger partial charge in [0.05, 0.1) is 11.6 Å². The van der Waals surface area contributed by atoms with Crippen molar-refractivity contribution in [2.75, 3.05) is 6.61 Å². The molecular weight excluding hydrogens is 318 g/mol. The molecule has 0 atom stereocenters. The summed E-state index contributed by atoms with van der Waals surface area (Å²) in [7, 11) is -3.63. The first-order valence-corrected chi connectivity index (χ1v) is 8.49. The van der Waals surface area contributed by atoms with Gasteiger partial charge in [-0.2, -0.15) is 12.8 Å². The molecule has 0 N–H and O–H groups in total. The first kappa shape index (κ1) is 15.0. The van der Waals surface area contributed by atoms with E-state index in [4.69, 9.17) is 16.3 Å². The van der Waals surface area contributed by atoms with Crippen LogP contribution >= 0.6 is 22.9 Å². The van der Waals surface area contributed by atoms with Gasteiger partial charge in [-0.05, 0) is 42.1 Å². The van der Waals surface area contributed by atoms with Crippen molar-refractivity contribution in [3.05, 3.63) is 46.3 Å². The van der Waals surface area contributed by atoms with Gasteiger partial charge >= 0.3 is 0 Å². The van der Waals surface area contributed by atoms with Gasteiger partial charge in [-0.3, -0.25) is 0 Å². The molecule has 0 radical (unpaired) electrons. The molecule has 0 aliphatic rings. The van der Waals surface area contributed by atoms with Crippen molar-refractivity contribution in [1.82, 2.24) is 0 Å². The zero-order valence-corrected chi connectivity index (χ0v) is 13.0. The highest BCUT2D eigenvalue weighted by Gasteiger charge is 2.12. The normalized spacial score (nSPS) is 11.9. The summed E-state index contributed by atoms with van der Waals surface area (Å²) in [5.41, 5.74) is 0.596. The Morgan fingerprint density at radius 2 is 2.20 bits per heavy atom. The second kappa shape index (κ2) is 6.39. The van der Waals surface area contributed by atoms with Crippen LogP contribution in [0.25, 0.3) is 0 Å². The Kier molecular flexibility index (Phi) is 4.80. The molecule has 7 heteroatoms. The van der Waals surface area contributed by atoms with Crippen LogP contribution in [0.3, 0.4) is 0 Å². The standard InChI is InChI=1S/C13H12ClNO3S2/c1-2-18-12-6-5-10(8-11(12)14)9-15-20(16,17)13-4-3-7-19-13/h3-9H,2H2,1H3/b15-9-. The summed E-state index contributed by atoms with van der Waals surface area (Å²) in [6.07, 6.45) is 1.27. The van der Waals surface area contributed by atoms with Gasteiger partial charge in [-0.15, -0.1) is 11.3 Å². The van der Waals surface area contributed by atoms with E-state index in [9.17, 15) is 8.42 Å². The quantitative estimate of drug-likeness (QED) is 0.787. The van der Waals surface area contributed by atoms with E-state index >= 15 is 0 Å². The van der Waals surface area contributed by atoms with Crippen LogP contribution in [-0.4, -0.2) is 21.2 Å². The fourth-order valence-electron chi connectivity index (χ4n) is 1.46. The Bertz CT molecular complexity index is 709. The maximum atomic E-state index is 11.9. The summed E-state index contributed by atoms with van der Waals surface area (Å²) >= 11 is 7.15. The van der Waals surface area contributed by atoms with Gasteiger partial charge in [-0.1, -0.05) is 17.7 Å². The number of sulfonamides is 1. The minimum atomic E-state index is -3.63. The average molecular weight is 330 g/mol. The molecule has 1 aromatic carbocycles. The topological polar surface area (TPSA) is 55.7 Å². The van der Waals surface area contributed by atoms with Gasteiger partial charge in [0.15, 0.2) is 0 Å². The van der Waals surface area contributed by atoms with Gasteiger partial charge in [-0.25, -0.2) is 0 Å². The lowest BCUT2D eigenvalue weighted by molar-refractivity contribution is 0.340. The fraction of sp³-hybridized carbons (Fsp3) is 0.154. The van der Waals surface area contributed by atoms with Crippen LogP contribution in [0.5, 0.6) is 5.75 Å². The zero-order chi connectivity index (χ0) is 14.6. The summed E-state index contributed by atoms with van der Waals surface area (Å²) in [6, 6.07) is 8.18. The Hall–Kier alpha value is -1.37. The molecule has 0 bridgehead atoms. The molecule has 1 aromatic heterocycles. The molecule has 0 aliphatic heterocycles. The maximum absolute atomic E-state index is 11.9. The maximum Gasteiger partial charge on any atom is 0.291 e. The van der Waals surface area contributed by atoms with Crippen molar-refractivity contribution in [1.29, 1.82) is 0 Å². The molecule has 0 unspecified atom stereocenters. The minimum Gasteiger partial charge on any atom is -0.492 e. The lowest BCUT2D eigenvalue weighted by atomic mass is 10.2. The summed E-state index contributed by atoms with van der Waals surface area (Å²) in [5, 5.41) is 2.11. The Balaban J connectivity index is 2.22. The van der Waals surface area contributed by atoms with Crippen molar-refractivity contribution in [3.8, 4) is 5.75 Å². The summed E-state index contributed by atoms with van der Waals surface area (Å²) in [5.74, 6) is 0.562. The monoisotopic (exact) mass is 329 g/mol. The molecule has 1 heterocycles. The molecule has 0 amide bonds. The van der Waals surface area contributed by atoms with Gasteiger partial charge in [0.25, 0.3) is 10.0 Å². The van der Waals surface area contributed by atoms with E-state index in [0.717, 1.165) is 11.3 Å². The molecular formula is C13H12ClNO3S2. The number of hydrogen-bond acceptors (Lipinski definition) is 4. The smallest absolute Gasteiger partial charge is 0.291 e. The molecule has 2 aromatic rings. The van der Waals surface area contributed by atoms with Gasteiger partial charge < -0.3 is 4.74 Å². The summed E-state index contributed by atoms with van der Waals surface area (Å²) < 4.78 is 32.9. The van der Waals surface area contributed by atoms with Crippen molar-refractivity contribution in [3.63, 3.8) is 0 Å². The van der Waals surface area contributed by atoms with Crippen LogP contribution in [0.15, 0.2) is 44.3 Å². The third-order valence-corrected chi connectivity index (χ3v) is 5.25. The van der Waals surface area contributed by atoms with Gasteiger partial charge in [0, 0.05) is 6.21 Å². The highest BCUT2D eigenvalue weighted by atomic mass is 35.5. The Morgan fingerprint density at radius 1 is 1.40 bits per heavy atom. The number of nitrogens with zero attached hydrogens (tertiary/aromatic N) is 1. The molecule has 0 saturated carbocycles. The largest absolute Gasteiger partial charge is 0.492 e. The first-order valence-electron chi connectivity index (χ1n) is 5.79. The molecule has 0 saturated heterocycles. The van der Waals surface area contributed by atoms with E-state index in [1.165, 1.54) is 12.3 Å². The van der Waals surface area contributed by atoms with E-state index in [-0.39, 0.29) is 4.21 Å². The van der Waals surface area contributed by atoms with E-state index < -0.39 is 10.0 Å². The molecule has 106 valence electrons. The number of thiophene rings is 1. The summed E-state index contributed by atoms with van der Waals surface area (Å²) in [6.45, 7) is 2.37. The first-order chi connectivity index (χ1) is 9.53. The van der Waals surface area contributed by atoms with Crippen LogP contribution < -0.4 is 4.74 Å². The molecule has 2 rings (SSSR count). The van der Waals surface area contributed by atoms with Crippen LogP contribution in [0, 0.1) is 0 Å². The van der Waals surface area contributed by atoms with Crippen molar-refractivity contribution in [2.24, 2.45) is 4.40 Å². The second-order valence-electron chi connectivity index (χ2n) is 3.76. The number of halogens is 1. The molecule has 0 fully saturated rings. The molecule has 20 heavy (non-hydrogen) atoms. The molecule has 0 aliphatic carbocycles. The lowest BCUT2D eigenvalue weighted by Gasteiger charge is -2.05. The lowest BCUT2D eigenvalue weighted by Crippen LogP contribution is -1.96. The van der Waals surface area contributed by atoms with E-state index in [0.29, 0.717) is 22.9 Å². The van der Waals surface area contributed by atoms with Gasteiger partial charge in [0.2, 0.25) is 0 Å². The van der Waals surface area contributed by atoms with Crippen LogP contribution in [0.1, 0.15) is 12.5 Å². The Morgan fingerprint density at radius 3 is 2.80 bits per heavy atom. The highest BCUT2D eigenvalue weighted by Crippen LogP contribution is 2.25. The summed E-state index contributed by atoms with van der Waals surface area (Å²) in [4.78, 5) is 0. The second-order valence-corrected chi connectivity index (χ2v) is 6.98. The third kappa shape index (κ3) is 3.59. The third-order valence-electron chi connectivity index (χ3n) is 2.35. The highest BCUT2D eigenvalue weighted by molar-refractivity contribution is 7.92.